The molecule has 1 saturated heterocycles. The number of fused-ring (bicyclic) bond motifs is 1. The minimum atomic E-state index is -0.541. The van der Waals surface area contributed by atoms with Crippen LogP contribution in [0.15, 0.2) is 54.6 Å². The molecular weight excluding hydrogens is 500 g/mol. The third-order valence-corrected chi connectivity index (χ3v) is 9.29. The van der Waals surface area contributed by atoms with Gasteiger partial charge in [0.05, 0.1) is 5.41 Å². The van der Waals surface area contributed by atoms with Gasteiger partial charge in [0.25, 0.3) is 0 Å². The molecule has 1 atom stereocenters. The maximum atomic E-state index is 14.0. The molecule has 2 heterocycles. The van der Waals surface area contributed by atoms with Gasteiger partial charge in [0.2, 0.25) is 11.8 Å². The molecule has 3 aliphatic rings. The van der Waals surface area contributed by atoms with Crippen molar-refractivity contribution < 1.29 is 14.4 Å². The van der Waals surface area contributed by atoms with Gasteiger partial charge in [0, 0.05) is 37.9 Å². The Hall–Kier alpha value is -3.35. The number of nitrogens with one attached hydrogen (secondary N) is 1. The van der Waals surface area contributed by atoms with Crippen LogP contribution in [0.1, 0.15) is 76.3 Å². The molecule has 1 N–H and O–H groups in total. The summed E-state index contributed by atoms with van der Waals surface area (Å²) in [5, 5.41) is 3.19. The predicted molar refractivity (Wildman–Crippen MR) is 158 cm³/mol. The molecule has 2 aliphatic heterocycles. The minimum Gasteiger partial charge on any atom is -0.341 e. The highest BCUT2D eigenvalue weighted by molar-refractivity contribution is 6.08. The number of para-hydroxylation sites is 1. The number of likely N-dealkylation sites (N-methyl/N-ethyl adjacent to an activating group) is 1. The van der Waals surface area contributed by atoms with Crippen LogP contribution in [0, 0.1) is 0 Å². The van der Waals surface area contributed by atoms with Gasteiger partial charge in [-0.1, -0.05) is 67.8 Å². The smallest absolute Gasteiger partial charge is 0.318 e. The lowest BCUT2D eigenvalue weighted by atomic mass is 9.86. The van der Waals surface area contributed by atoms with Crippen LogP contribution in [0.3, 0.4) is 0 Å². The second-order valence-electron chi connectivity index (χ2n) is 12.3. The molecule has 40 heavy (non-hydrogen) atoms. The molecule has 0 radical (unpaired) electrons. The first-order valence-corrected chi connectivity index (χ1v) is 15.1. The molecule has 0 spiro atoms. The lowest BCUT2D eigenvalue weighted by Crippen LogP contribution is -2.56. The zero-order valence-electron chi connectivity index (χ0n) is 24.3. The van der Waals surface area contributed by atoms with E-state index in [0.717, 1.165) is 61.8 Å². The maximum absolute atomic E-state index is 14.0. The van der Waals surface area contributed by atoms with Gasteiger partial charge in [-0.15, -0.1) is 0 Å². The van der Waals surface area contributed by atoms with Gasteiger partial charge in [-0.3, -0.25) is 9.59 Å². The number of hydrogen-bond acceptors (Lipinski definition) is 3. The van der Waals surface area contributed by atoms with Crippen LogP contribution in [0.25, 0.3) is 0 Å². The van der Waals surface area contributed by atoms with Gasteiger partial charge in [0.15, 0.2) is 0 Å². The van der Waals surface area contributed by atoms with Crippen LogP contribution in [-0.4, -0.2) is 65.9 Å². The van der Waals surface area contributed by atoms with E-state index in [2.05, 4.69) is 23.5 Å². The summed E-state index contributed by atoms with van der Waals surface area (Å²) in [5.74, 6) is 0.141. The fourth-order valence-corrected chi connectivity index (χ4v) is 6.75. The molecule has 7 nitrogen and oxygen atoms in total. The Labute approximate surface area is 238 Å². The molecule has 4 amide bonds. The van der Waals surface area contributed by atoms with E-state index in [1.54, 1.807) is 11.9 Å². The van der Waals surface area contributed by atoms with Crippen LogP contribution in [-0.2, 0) is 21.4 Å². The van der Waals surface area contributed by atoms with Crippen molar-refractivity contribution in [3.05, 3.63) is 65.7 Å². The van der Waals surface area contributed by atoms with Gasteiger partial charge in [0.1, 0.15) is 6.04 Å². The largest absolute Gasteiger partial charge is 0.341 e. The number of rotatable bonds is 7. The number of amides is 4. The van der Waals surface area contributed by atoms with E-state index >= 15 is 0 Å². The molecule has 0 bridgehead atoms. The molecule has 0 aromatic heterocycles. The summed E-state index contributed by atoms with van der Waals surface area (Å²) in [6, 6.07) is 17.8. The third-order valence-electron chi connectivity index (χ3n) is 9.29. The van der Waals surface area contributed by atoms with Gasteiger partial charge >= 0.3 is 6.03 Å². The Kier molecular flexibility index (Phi) is 8.48. The first-order valence-electron chi connectivity index (χ1n) is 15.1. The second-order valence-corrected chi connectivity index (χ2v) is 12.3. The fraction of sp³-hybridized carbons (Fsp3) is 0.545. The first-order chi connectivity index (χ1) is 19.3. The number of piperidine rings is 1. The molecule has 1 aliphatic carbocycles. The second kappa shape index (κ2) is 12.0. The van der Waals surface area contributed by atoms with Gasteiger partial charge < -0.3 is 20.0 Å². The average Bonchev–Trinajstić information content (AvgIpc) is 3.18. The van der Waals surface area contributed by atoms with E-state index < -0.39 is 11.5 Å². The van der Waals surface area contributed by atoms with E-state index in [-0.39, 0.29) is 29.9 Å². The Morgan fingerprint density at radius 1 is 0.950 bits per heavy atom. The number of urea groups is 1. The Bertz CT molecular complexity index is 1200. The summed E-state index contributed by atoms with van der Waals surface area (Å²) >= 11 is 0. The van der Waals surface area contributed by atoms with Crippen LogP contribution >= 0.6 is 0 Å². The SMILES string of the molecule is CN(C(=O)NC1CCCCC1)[C@@H](CCc1ccccc1)C(=O)N1CCC(N2C(=O)C(C)(C)c3ccccc32)CC1. The molecular formula is C33H44N4O3. The van der Waals surface area contributed by atoms with Crippen LogP contribution < -0.4 is 10.2 Å². The van der Waals surface area contributed by atoms with E-state index in [1.165, 1.54) is 6.42 Å². The highest BCUT2D eigenvalue weighted by atomic mass is 16.2. The number of carbonyl (C=O) groups excluding carboxylic acids is 3. The predicted octanol–water partition coefficient (Wildman–Crippen LogP) is 5.28. The normalized spacial score (nSPS) is 20.2. The molecule has 0 unspecified atom stereocenters. The zero-order chi connectivity index (χ0) is 28.3. The molecule has 214 valence electrons. The quantitative estimate of drug-likeness (QED) is 0.516. The molecule has 2 aromatic rings. The average molecular weight is 545 g/mol. The minimum absolute atomic E-state index is 0.00385. The van der Waals surface area contributed by atoms with Crippen molar-refractivity contribution in [2.45, 2.75) is 95.2 Å². The van der Waals surface area contributed by atoms with Crippen molar-refractivity contribution in [2.75, 3.05) is 25.0 Å². The number of hydrogen-bond donors (Lipinski definition) is 1. The number of likely N-dealkylation sites (tertiary alicyclic amines) is 1. The molecule has 5 rings (SSSR count). The third kappa shape index (κ3) is 5.74. The zero-order valence-corrected chi connectivity index (χ0v) is 24.3. The summed E-state index contributed by atoms with van der Waals surface area (Å²) in [5.41, 5.74) is 2.70. The van der Waals surface area contributed by atoms with E-state index in [1.807, 2.05) is 60.0 Å². The lowest BCUT2D eigenvalue weighted by molar-refractivity contribution is -0.137. The van der Waals surface area contributed by atoms with Gasteiger partial charge in [-0.05, 0) is 69.6 Å². The molecule has 7 heteroatoms. The number of carbonyl (C=O) groups is 3. The monoisotopic (exact) mass is 544 g/mol. The summed E-state index contributed by atoms with van der Waals surface area (Å²) in [6.45, 7) is 5.16. The topological polar surface area (TPSA) is 73.0 Å². The van der Waals surface area contributed by atoms with Crippen molar-refractivity contribution in [1.29, 1.82) is 0 Å². The number of nitrogens with zero attached hydrogens (tertiary/aromatic N) is 3. The summed E-state index contributed by atoms with van der Waals surface area (Å²) < 4.78 is 0. The standard InChI is InChI=1S/C33H44N4O3/c1-33(2)27-16-10-11-17-28(27)37(31(33)39)26-20-22-36(23-21-26)30(38)29(19-18-24-12-6-4-7-13-24)35(3)32(40)34-25-14-8-5-9-15-25/h4,6-7,10-13,16-17,25-26,29H,5,8-9,14-15,18-23H2,1-3H3,(H,34,40)/t29-/m0/s1. The van der Waals surface area contributed by atoms with Crippen LogP contribution in [0.2, 0.25) is 0 Å². The molecule has 1 saturated carbocycles. The lowest BCUT2D eigenvalue weighted by Gasteiger charge is -2.40. The van der Waals surface area contributed by atoms with Crippen molar-refractivity contribution in [2.24, 2.45) is 0 Å². The number of aryl methyl sites for hydroxylation is 1. The van der Waals surface area contributed by atoms with Crippen LogP contribution in [0.5, 0.6) is 0 Å². The van der Waals surface area contributed by atoms with E-state index in [4.69, 9.17) is 0 Å². The first kappa shape index (κ1) is 28.2. The summed E-state index contributed by atoms with van der Waals surface area (Å²) in [7, 11) is 1.76. The summed E-state index contributed by atoms with van der Waals surface area (Å²) in [6.07, 6.45) is 8.27. The Morgan fingerprint density at radius 2 is 1.60 bits per heavy atom. The number of benzene rings is 2. The van der Waals surface area contributed by atoms with Crippen molar-refractivity contribution in [3.63, 3.8) is 0 Å². The van der Waals surface area contributed by atoms with E-state index in [9.17, 15) is 14.4 Å². The van der Waals surface area contributed by atoms with E-state index in [0.29, 0.717) is 19.5 Å². The maximum Gasteiger partial charge on any atom is 0.318 e. The Balaban J connectivity index is 1.26. The summed E-state index contributed by atoms with van der Waals surface area (Å²) in [4.78, 5) is 46.2. The van der Waals surface area contributed by atoms with Crippen molar-refractivity contribution >= 4 is 23.5 Å². The van der Waals surface area contributed by atoms with Gasteiger partial charge in [-0.2, -0.15) is 0 Å². The van der Waals surface area contributed by atoms with Crippen molar-refractivity contribution in [1.82, 2.24) is 15.1 Å². The number of anilines is 1. The fourth-order valence-electron chi connectivity index (χ4n) is 6.75. The Morgan fingerprint density at radius 3 is 2.30 bits per heavy atom. The van der Waals surface area contributed by atoms with Gasteiger partial charge in [-0.25, -0.2) is 4.79 Å². The highest BCUT2D eigenvalue weighted by Gasteiger charge is 2.47. The molecule has 2 aromatic carbocycles. The highest BCUT2D eigenvalue weighted by Crippen LogP contribution is 2.43. The molecule has 2 fully saturated rings. The van der Waals surface area contributed by atoms with Crippen LogP contribution in [0.4, 0.5) is 10.5 Å². The van der Waals surface area contributed by atoms with Crippen molar-refractivity contribution in [3.8, 4) is 0 Å².